The minimum Gasteiger partial charge on any atom is -0.373 e. The second-order valence-electron chi connectivity index (χ2n) is 13.5. The van der Waals surface area contributed by atoms with Crippen LogP contribution in [0.3, 0.4) is 0 Å². The van der Waals surface area contributed by atoms with E-state index in [1.54, 1.807) is 0 Å². The van der Waals surface area contributed by atoms with Crippen molar-refractivity contribution in [3.63, 3.8) is 0 Å². The van der Waals surface area contributed by atoms with Crippen LogP contribution >= 0.6 is 0 Å². The van der Waals surface area contributed by atoms with E-state index in [1.165, 1.54) is 49.7 Å². The SMILES string of the molecule is CCCCC1(CCCC)C=CC(C(C)(CC)O[Si](CC)(OCC(C)(C)C)OC(CC)(CC)c2ccccc2)=CC1. The molecule has 1 aromatic carbocycles. The molecule has 0 heterocycles. The van der Waals surface area contributed by atoms with Crippen LogP contribution in [0.15, 0.2) is 54.1 Å². The zero-order valence-electron chi connectivity index (χ0n) is 27.8. The van der Waals surface area contributed by atoms with Crippen molar-refractivity contribution in [3.05, 3.63) is 59.7 Å². The third-order valence-electron chi connectivity index (χ3n) is 9.02. The van der Waals surface area contributed by atoms with E-state index in [9.17, 15) is 0 Å². The van der Waals surface area contributed by atoms with E-state index in [2.05, 4.69) is 118 Å². The predicted octanol–water partition coefficient (Wildman–Crippen LogP) is 11.2. The van der Waals surface area contributed by atoms with Crippen molar-refractivity contribution in [1.29, 1.82) is 0 Å². The minimum atomic E-state index is -3.13. The summed E-state index contributed by atoms with van der Waals surface area (Å²) in [6.07, 6.45) is 18.7. The molecule has 3 nitrogen and oxygen atoms in total. The molecule has 0 aromatic heterocycles. The Labute approximate surface area is 249 Å². The van der Waals surface area contributed by atoms with Crippen LogP contribution in [0.4, 0.5) is 0 Å². The molecule has 228 valence electrons. The highest BCUT2D eigenvalue weighted by atomic mass is 28.4. The second-order valence-corrected chi connectivity index (χ2v) is 16.3. The summed E-state index contributed by atoms with van der Waals surface area (Å²) in [5, 5.41) is 0. The highest BCUT2D eigenvalue weighted by molar-refractivity contribution is 6.60. The molecular formula is C36H62O3Si. The molecule has 4 heteroatoms. The van der Waals surface area contributed by atoms with Gasteiger partial charge in [-0.25, -0.2) is 0 Å². The van der Waals surface area contributed by atoms with Crippen LogP contribution in [-0.2, 0) is 18.9 Å². The molecule has 0 aliphatic heterocycles. The molecule has 0 radical (unpaired) electrons. The Balaban J connectivity index is 2.49. The highest BCUT2D eigenvalue weighted by Gasteiger charge is 2.52. The standard InChI is InChI=1S/C36H62O3Si/c1-11-17-26-35(27-18-12-2)28-24-31(25-29-35)34(10,13-3)38-40(16-6,37-30-33(7,8)9)39-36(14-4,15-5)32-22-20-19-21-23-32/h19-25,28H,11-18,26-27,29-30H2,1-10H3. The van der Waals surface area contributed by atoms with Gasteiger partial charge < -0.3 is 13.3 Å². The van der Waals surface area contributed by atoms with Gasteiger partial charge in [0.25, 0.3) is 0 Å². The molecule has 2 unspecified atom stereocenters. The molecule has 0 saturated heterocycles. The van der Waals surface area contributed by atoms with Gasteiger partial charge in [0.05, 0.1) is 11.2 Å². The number of hydrogen-bond donors (Lipinski definition) is 0. The van der Waals surface area contributed by atoms with Crippen LogP contribution in [0.5, 0.6) is 0 Å². The molecule has 1 aromatic rings. The highest BCUT2D eigenvalue weighted by Crippen LogP contribution is 2.45. The Bertz CT molecular complexity index is 919. The minimum absolute atomic E-state index is 0.0127. The monoisotopic (exact) mass is 570 g/mol. The molecule has 1 aliphatic rings. The maximum absolute atomic E-state index is 7.35. The first-order valence-electron chi connectivity index (χ1n) is 16.4. The maximum Gasteiger partial charge on any atom is 0.502 e. The van der Waals surface area contributed by atoms with Gasteiger partial charge in [-0.15, -0.1) is 0 Å². The lowest BCUT2D eigenvalue weighted by Crippen LogP contribution is -2.57. The first-order chi connectivity index (χ1) is 18.9. The van der Waals surface area contributed by atoms with Crippen molar-refractivity contribution in [3.8, 4) is 0 Å². The number of hydrogen-bond acceptors (Lipinski definition) is 3. The molecule has 0 amide bonds. The van der Waals surface area contributed by atoms with E-state index in [4.69, 9.17) is 13.3 Å². The van der Waals surface area contributed by atoms with Gasteiger partial charge in [0, 0.05) is 12.7 Å². The predicted molar refractivity (Wildman–Crippen MR) is 175 cm³/mol. The van der Waals surface area contributed by atoms with Gasteiger partial charge >= 0.3 is 8.80 Å². The van der Waals surface area contributed by atoms with E-state index in [-0.39, 0.29) is 10.8 Å². The van der Waals surface area contributed by atoms with E-state index < -0.39 is 20.0 Å². The molecule has 0 saturated carbocycles. The lowest BCUT2D eigenvalue weighted by Gasteiger charge is -2.46. The van der Waals surface area contributed by atoms with E-state index >= 15 is 0 Å². The second kappa shape index (κ2) is 15.3. The quantitative estimate of drug-likeness (QED) is 0.164. The lowest BCUT2D eigenvalue weighted by molar-refractivity contribution is -0.0771. The van der Waals surface area contributed by atoms with Gasteiger partial charge in [-0.05, 0) is 67.4 Å². The Morgan fingerprint density at radius 2 is 1.40 bits per heavy atom. The summed E-state index contributed by atoms with van der Waals surface area (Å²) in [5.74, 6) is 0. The third kappa shape index (κ3) is 9.15. The molecule has 2 rings (SSSR count). The fourth-order valence-corrected chi connectivity index (χ4v) is 9.15. The van der Waals surface area contributed by atoms with Crippen LogP contribution in [0.2, 0.25) is 6.04 Å². The fraction of sp³-hybridized carbons (Fsp3) is 0.722. The number of unbranched alkanes of at least 4 members (excludes halogenated alkanes) is 2. The summed E-state index contributed by atoms with van der Waals surface area (Å²) >= 11 is 0. The molecule has 0 bridgehead atoms. The van der Waals surface area contributed by atoms with Crippen LogP contribution < -0.4 is 0 Å². The molecule has 1 aliphatic carbocycles. The van der Waals surface area contributed by atoms with Crippen LogP contribution in [0, 0.1) is 10.8 Å². The summed E-state index contributed by atoms with van der Waals surface area (Å²) in [4.78, 5) is 0. The van der Waals surface area contributed by atoms with Crippen molar-refractivity contribution in [2.75, 3.05) is 6.61 Å². The van der Waals surface area contributed by atoms with E-state index in [1.807, 2.05) is 0 Å². The van der Waals surface area contributed by atoms with Gasteiger partial charge in [-0.3, -0.25) is 0 Å². The largest absolute Gasteiger partial charge is 0.502 e. The van der Waals surface area contributed by atoms with Crippen molar-refractivity contribution < 1.29 is 13.3 Å². The van der Waals surface area contributed by atoms with Crippen LogP contribution in [0.1, 0.15) is 139 Å². The molecule has 0 N–H and O–H groups in total. The van der Waals surface area contributed by atoms with Crippen molar-refractivity contribution >= 4 is 8.80 Å². The third-order valence-corrected chi connectivity index (χ3v) is 11.9. The van der Waals surface area contributed by atoms with Gasteiger partial charge in [0.15, 0.2) is 0 Å². The zero-order valence-corrected chi connectivity index (χ0v) is 28.8. The van der Waals surface area contributed by atoms with Gasteiger partial charge in [0.2, 0.25) is 0 Å². The Kier molecular flexibility index (Phi) is 13.4. The van der Waals surface area contributed by atoms with Gasteiger partial charge in [-0.2, -0.15) is 0 Å². The summed E-state index contributed by atoms with van der Waals surface area (Å²) in [6.45, 7) is 23.0. The summed E-state index contributed by atoms with van der Waals surface area (Å²) in [7, 11) is -3.13. The number of benzene rings is 1. The number of allylic oxidation sites excluding steroid dienone is 2. The molecule has 0 spiro atoms. The van der Waals surface area contributed by atoms with E-state index in [0.29, 0.717) is 6.61 Å². The average molecular weight is 571 g/mol. The molecule has 2 atom stereocenters. The summed E-state index contributed by atoms with van der Waals surface area (Å²) < 4.78 is 21.6. The molecule has 0 fully saturated rings. The van der Waals surface area contributed by atoms with Gasteiger partial charge in [0.1, 0.15) is 0 Å². The summed E-state index contributed by atoms with van der Waals surface area (Å²) in [5.41, 5.74) is 1.88. The van der Waals surface area contributed by atoms with Gasteiger partial charge in [-0.1, -0.05) is 137 Å². The lowest BCUT2D eigenvalue weighted by atomic mass is 9.71. The average Bonchev–Trinajstić information content (AvgIpc) is 2.97. The van der Waals surface area contributed by atoms with Crippen molar-refractivity contribution in [1.82, 2.24) is 0 Å². The Morgan fingerprint density at radius 3 is 1.82 bits per heavy atom. The van der Waals surface area contributed by atoms with E-state index in [0.717, 1.165) is 31.7 Å². The molecule has 40 heavy (non-hydrogen) atoms. The topological polar surface area (TPSA) is 27.7 Å². The summed E-state index contributed by atoms with van der Waals surface area (Å²) in [6, 6.07) is 11.4. The smallest absolute Gasteiger partial charge is 0.373 e. The van der Waals surface area contributed by atoms with Crippen LogP contribution in [-0.4, -0.2) is 21.0 Å². The first-order valence-corrected chi connectivity index (χ1v) is 18.3. The number of rotatable bonds is 18. The van der Waals surface area contributed by atoms with Crippen molar-refractivity contribution in [2.24, 2.45) is 10.8 Å². The van der Waals surface area contributed by atoms with Crippen LogP contribution in [0.25, 0.3) is 0 Å². The molecular weight excluding hydrogens is 508 g/mol. The Morgan fingerprint density at radius 1 is 0.800 bits per heavy atom. The maximum atomic E-state index is 7.35. The Hall–Kier alpha value is -1.20. The zero-order chi connectivity index (χ0) is 29.9. The normalized spacial score (nSPS) is 18.7. The van der Waals surface area contributed by atoms with Crippen molar-refractivity contribution in [2.45, 2.75) is 151 Å². The first kappa shape index (κ1) is 35.0. The fourth-order valence-electron chi connectivity index (χ4n) is 5.89.